The molecule has 45 heavy (non-hydrogen) atoms. The highest BCUT2D eigenvalue weighted by Crippen LogP contribution is 2.26. The van der Waals surface area contributed by atoms with Crippen molar-refractivity contribution in [3.8, 4) is 12.3 Å². The van der Waals surface area contributed by atoms with Crippen LogP contribution in [-0.2, 0) is 14.3 Å². The summed E-state index contributed by atoms with van der Waals surface area (Å²) in [6, 6.07) is 22.4. The number of amides is 3. The van der Waals surface area contributed by atoms with E-state index >= 15 is 0 Å². The van der Waals surface area contributed by atoms with Crippen LogP contribution < -0.4 is 21.3 Å². The van der Waals surface area contributed by atoms with Crippen LogP contribution in [0.2, 0.25) is 0 Å². The first kappa shape index (κ1) is 32.0. The van der Waals surface area contributed by atoms with Crippen LogP contribution in [0, 0.1) is 12.3 Å². The van der Waals surface area contributed by atoms with Gasteiger partial charge < -0.3 is 20.7 Å². The molecule has 10 heteroatoms. The van der Waals surface area contributed by atoms with E-state index in [9.17, 15) is 14.4 Å². The van der Waals surface area contributed by atoms with Crippen LogP contribution >= 0.6 is 0 Å². The lowest BCUT2D eigenvalue weighted by Gasteiger charge is -2.20. The first-order valence-electron chi connectivity index (χ1n) is 14.1. The van der Waals surface area contributed by atoms with Crippen molar-refractivity contribution in [1.82, 2.24) is 15.3 Å². The number of carbonyl (C=O) groups is 3. The van der Waals surface area contributed by atoms with Gasteiger partial charge in [0.1, 0.15) is 17.7 Å². The quantitative estimate of drug-likeness (QED) is 0.190. The average Bonchev–Trinajstić information content (AvgIpc) is 3.52. The van der Waals surface area contributed by atoms with Gasteiger partial charge in [0.25, 0.3) is 5.91 Å². The van der Waals surface area contributed by atoms with Gasteiger partial charge in [0.2, 0.25) is 5.91 Å². The number of hydrogen-bond acceptors (Lipinski definition) is 7. The maximum atomic E-state index is 12.4. The van der Waals surface area contributed by atoms with Crippen molar-refractivity contribution in [2.24, 2.45) is 0 Å². The number of fused-ring (bicyclic) bond motifs is 1. The smallest absolute Gasteiger partial charge is 0.412 e. The third-order valence-corrected chi connectivity index (χ3v) is 6.32. The normalized spacial score (nSPS) is 12.0. The molecule has 3 aromatic carbocycles. The fraction of sp³-hybridized carbons (Fsp3) is 0.171. The van der Waals surface area contributed by atoms with Gasteiger partial charge in [-0.2, -0.15) is 0 Å². The van der Waals surface area contributed by atoms with Gasteiger partial charge in [-0.3, -0.25) is 14.9 Å². The Kier molecular flexibility index (Phi) is 10.3. The number of likely N-dealkylation sites (N-methyl/N-ethyl adjacent to an activating group) is 1. The monoisotopic (exact) mass is 602 g/mol. The summed E-state index contributed by atoms with van der Waals surface area (Å²) in [5, 5.41) is 12.2. The van der Waals surface area contributed by atoms with Gasteiger partial charge in [-0.25, -0.2) is 14.8 Å². The number of ether oxygens (including phenoxy) is 1. The van der Waals surface area contributed by atoms with Gasteiger partial charge in [0.15, 0.2) is 0 Å². The van der Waals surface area contributed by atoms with Crippen LogP contribution in [0.3, 0.4) is 0 Å². The van der Waals surface area contributed by atoms with E-state index in [4.69, 9.17) is 11.2 Å². The van der Waals surface area contributed by atoms with Crippen molar-refractivity contribution in [2.75, 3.05) is 23.0 Å². The van der Waals surface area contributed by atoms with Crippen LogP contribution in [0.1, 0.15) is 32.8 Å². The lowest BCUT2D eigenvalue weighted by atomic mass is 10.1. The predicted octanol–water partition coefficient (Wildman–Crippen LogP) is 6.33. The maximum Gasteiger partial charge on any atom is 0.412 e. The highest BCUT2D eigenvalue weighted by Gasteiger charge is 2.21. The molecule has 0 fully saturated rings. The molecule has 1 heterocycles. The van der Waals surface area contributed by atoms with Crippen molar-refractivity contribution in [1.29, 1.82) is 0 Å². The number of hydrogen-bond donors (Lipinski definition) is 4. The topological polar surface area (TPSA) is 134 Å². The molecule has 1 aliphatic carbocycles. The molecule has 0 aliphatic heterocycles. The molecule has 0 spiro atoms. The molecule has 0 unspecified atom stereocenters. The van der Waals surface area contributed by atoms with Crippen LogP contribution in [0.5, 0.6) is 0 Å². The largest absolute Gasteiger partial charge is 0.444 e. The van der Waals surface area contributed by atoms with Crippen molar-refractivity contribution in [3.05, 3.63) is 108 Å². The number of nitrogens with one attached hydrogen (secondary N) is 4. The number of para-hydroxylation sites is 3. The minimum atomic E-state index is -0.626. The number of rotatable bonds is 6. The highest BCUT2D eigenvalue weighted by molar-refractivity contribution is 6.09. The molecule has 0 radical (unpaired) electrons. The molecule has 10 nitrogen and oxygen atoms in total. The summed E-state index contributed by atoms with van der Waals surface area (Å²) in [5.41, 5.74) is 3.90. The van der Waals surface area contributed by atoms with E-state index in [0.717, 1.165) is 28.0 Å². The Hall–Kier alpha value is -5.95. The predicted molar refractivity (Wildman–Crippen MR) is 177 cm³/mol. The molecular weight excluding hydrogens is 568 g/mol. The lowest BCUT2D eigenvalue weighted by Crippen LogP contribution is -2.27. The minimum Gasteiger partial charge on any atom is -0.444 e. The van der Waals surface area contributed by atoms with E-state index in [1.165, 1.54) is 0 Å². The molecule has 4 N–H and O–H groups in total. The Morgan fingerprint density at radius 3 is 2.20 bits per heavy atom. The standard InChI is InChI=1S/C19H23N3O4.C16H11N3/c1-19(2,3)26-18(25)22-15-8-6-5-7-14(15)21-17(24)13-10-9-12(11-13)16(23)20-4;1-2-12-6-5-7-13(10-12)19-16-14-8-3-4-9-15(14)17-11-18-16/h5-10H,11H2,1-4H3,(H,20,23)(H,21,24)(H,22,25);1,3-11H,(H,17,18,19). The number of aromatic nitrogens is 2. The number of carbonyl (C=O) groups excluding carboxylic acids is 3. The molecule has 0 saturated carbocycles. The Morgan fingerprint density at radius 1 is 0.844 bits per heavy atom. The van der Waals surface area contributed by atoms with Crippen LogP contribution in [-0.4, -0.2) is 40.5 Å². The lowest BCUT2D eigenvalue weighted by molar-refractivity contribution is -0.117. The second-order valence-corrected chi connectivity index (χ2v) is 10.9. The maximum absolute atomic E-state index is 12.4. The molecule has 0 saturated heterocycles. The first-order valence-corrected chi connectivity index (χ1v) is 14.1. The van der Waals surface area contributed by atoms with Gasteiger partial charge in [0.05, 0.1) is 16.9 Å². The molecule has 0 atom stereocenters. The second kappa shape index (κ2) is 14.5. The fourth-order valence-corrected chi connectivity index (χ4v) is 4.24. The summed E-state index contributed by atoms with van der Waals surface area (Å²) < 4.78 is 5.23. The Labute approximate surface area is 262 Å². The van der Waals surface area contributed by atoms with E-state index in [2.05, 4.69) is 37.2 Å². The molecule has 4 aromatic rings. The number of terminal acetylenes is 1. The zero-order valence-corrected chi connectivity index (χ0v) is 25.5. The zero-order chi connectivity index (χ0) is 32.4. The van der Waals surface area contributed by atoms with Gasteiger partial charge >= 0.3 is 6.09 Å². The van der Waals surface area contributed by atoms with Crippen molar-refractivity contribution < 1.29 is 19.1 Å². The van der Waals surface area contributed by atoms with Gasteiger partial charge in [0, 0.05) is 41.3 Å². The van der Waals surface area contributed by atoms with Gasteiger partial charge in [-0.15, -0.1) is 6.42 Å². The minimum absolute atomic E-state index is 0.212. The van der Waals surface area contributed by atoms with E-state index in [1.54, 1.807) is 70.6 Å². The number of allylic oxidation sites excluding steroid dienone is 2. The third-order valence-electron chi connectivity index (χ3n) is 6.32. The van der Waals surface area contributed by atoms with Crippen LogP contribution in [0.25, 0.3) is 10.9 Å². The molecule has 1 aliphatic rings. The molecule has 0 bridgehead atoms. The molecule has 228 valence electrons. The third kappa shape index (κ3) is 9.02. The van der Waals surface area contributed by atoms with Gasteiger partial charge in [-0.1, -0.05) is 48.4 Å². The Balaban J connectivity index is 0.000000214. The fourth-order valence-electron chi connectivity index (χ4n) is 4.24. The van der Waals surface area contributed by atoms with Crippen LogP contribution in [0.4, 0.5) is 27.7 Å². The summed E-state index contributed by atoms with van der Waals surface area (Å²) in [7, 11) is 1.54. The Bertz CT molecular complexity index is 1830. The molecular formula is C35H34N6O4. The highest BCUT2D eigenvalue weighted by atomic mass is 16.6. The molecule has 1 aromatic heterocycles. The van der Waals surface area contributed by atoms with Gasteiger partial charge in [-0.05, 0) is 63.2 Å². The summed E-state index contributed by atoms with van der Waals surface area (Å²) in [6.45, 7) is 5.30. The van der Waals surface area contributed by atoms with E-state index < -0.39 is 11.7 Å². The Morgan fingerprint density at radius 2 is 1.51 bits per heavy atom. The van der Waals surface area contributed by atoms with Crippen LogP contribution in [0.15, 0.2) is 102 Å². The number of benzene rings is 3. The van der Waals surface area contributed by atoms with E-state index in [0.29, 0.717) is 22.5 Å². The van der Waals surface area contributed by atoms with Crippen molar-refractivity contribution >= 4 is 51.7 Å². The van der Waals surface area contributed by atoms with E-state index in [-0.39, 0.29) is 18.2 Å². The first-order chi connectivity index (χ1) is 21.6. The summed E-state index contributed by atoms with van der Waals surface area (Å²) in [4.78, 5) is 44.6. The summed E-state index contributed by atoms with van der Waals surface area (Å²) in [6.07, 6.45) is 9.84. The number of nitrogens with zero attached hydrogens (tertiary/aromatic N) is 2. The summed E-state index contributed by atoms with van der Waals surface area (Å²) >= 11 is 0. The molecule has 3 amide bonds. The average molecular weight is 603 g/mol. The number of anilines is 4. The van der Waals surface area contributed by atoms with Crippen molar-refractivity contribution in [3.63, 3.8) is 0 Å². The SMILES string of the molecule is C#Cc1cccc(Nc2ncnc3ccccc23)c1.CNC(=O)C1=CC=C(C(=O)Nc2ccccc2NC(=O)OC(C)(C)C)C1. The second-order valence-electron chi connectivity index (χ2n) is 10.9. The zero-order valence-electron chi connectivity index (χ0n) is 25.5. The van der Waals surface area contributed by atoms with E-state index in [1.807, 2.05) is 48.5 Å². The van der Waals surface area contributed by atoms with Crippen molar-refractivity contribution in [2.45, 2.75) is 32.8 Å². The summed E-state index contributed by atoms with van der Waals surface area (Å²) in [5.74, 6) is 2.85. The molecule has 5 rings (SSSR count).